The standard InChI is InChI=1S/C12H21N3.ClH/c1-10(12-3-2-6-14-12)15-9-11-4-7-13-8-5-11;/h2-3,6,10-11,13-15H,4-5,7-9H2,1H3;1H. The Morgan fingerprint density at radius 2 is 2.19 bits per heavy atom. The number of aromatic amines is 1. The van der Waals surface area contributed by atoms with Crippen LogP contribution in [0.25, 0.3) is 0 Å². The first-order valence-corrected chi connectivity index (χ1v) is 5.93. The summed E-state index contributed by atoms with van der Waals surface area (Å²) in [5.41, 5.74) is 1.28. The van der Waals surface area contributed by atoms with Gasteiger partial charge in [0.2, 0.25) is 0 Å². The Hall–Kier alpha value is -0.510. The number of H-pyrrole nitrogens is 1. The molecule has 2 heterocycles. The third-order valence-corrected chi connectivity index (χ3v) is 3.26. The van der Waals surface area contributed by atoms with Crippen LogP contribution in [0, 0.1) is 5.92 Å². The van der Waals surface area contributed by atoms with Crippen molar-refractivity contribution in [2.24, 2.45) is 5.92 Å². The second-order valence-electron chi connectivity index (χ2n) is 4.45. The Morgan fingerprint density at radius 1 is 1.44 bits per heavy atom. The van der Waals surface area contributed by atoms with Crippen LogP contribution >= 0.6 is 12.4 Å². The molecule has 0 saturated carbocycles. The molecule has 0 amide bonds. The maximum atomic E-state index is 3.60. The molecular formula is C12H22ClN3. The Labute approximate surface area is 104 Å². The van der Waals surface area contributed by atoms with E-state index < -0.39 is 0 Å². The summed E-state index contributed by atoms with van der Waals surface area (Å²) in [5, 5.41) is 6.99. The molecule has 1 aromatic heterocycles. The molecule has 92 valence electrons. The van der Waals surface area contributed by atoms with E-state index in [1.165, 1.54) is 31.6 Å². The average molecular weight is 244 g/mol. The predicted molar refractivity (Wildman–Crippen MR) is 70.1 cm³/mol. The molecule has 4 heteroatoms. The van der Waals surface area contributed by atoms with Crippen molar-refractivity contribution in [1.82, 2.24) is 15.6 Å². The second kappa shape index (κ2) is 6.94. The van der Waals surface area contributed by atoms with Crippen molar-refractivity contribution >= 4 is 12.4 Å². The van der Waals surface area contributed by atoms with Crippen LogP contribution < -0.4 is 10.6 Å². The molecule has 2 rings (SSSR count). The van der Waals surface area contributed by atoms with Gasteiger partial charge in [-0.05, 0) is 57.5 Å². The quantitative estimate of drug-likeness (QED) is 0.758. The van der Waals surface area contributed by atoms with Crippen molar-refractivity contribution in [3.63, 3.8) is 0 Å². The first-order valence-electron chi connectivity index (χ1n) is 5.93. The van der Waals surface area contributed by atoms with Gasteiger partial charge in [-0.15, -0.1) is 12.4 Å². The zero-order chi connectivity index (χ0) is 10.5. The van der Waals surface area contributed by atoms with Gasteiger partial charge in [-0.3, -0.25) is 0 Å². The molecule has 0 bridgehead atoms. The van der Waals surface area contributed by atoms with E-state index in [4.69, 9.17) is 0 Å². The lowest BCUT2D eigenvalue weighted by atomic mass is 9.98. The van der Waals surface area contributed by atoms with Crippen molar-refractivity contribution in [2.75, 3.05) is 19.6 Å². The number of piperidine rings is 1. The highest BCUT2D eigenvalue weighted by Crippen LogP contribution is 2.13. The molecule has 1 saturated heterocycles. The molecule has 1 unspecified atom stereocenters. The van der Waals surface area contributed by atoms with Gasteiger partial charge in [0.1, 0.15) is 0 Å². The minimum atomic E-state index is 0. The van der Waals surface area contributed by atoms with Gasteiger partial charge >= 0.3 is 0 Å². The predicted octanol–water partition coefficient (Wildman–Crippen LogP) is 2.09. The van der Waals surface area contributed by atoms with Gasteiger partial charge in [0.05, 0.1) is 0 Å². The zero-order valence-corrected chi connectivity index (χ0v) is 10.6. The molecule has 0 aliphatic carbocycles. The minimum absolute atomic E-state index is 0. The maximum Gasteiger partial charge on any atom is 0.0444 e. The second-order valence-corrected chi connectivity index (χ2v) is 4.45. The molecule has 1 aliphatic rings. The fourth-order valence-electron chi connectivity index (χ4n) is 2.15. The molecule has 1 fully saturated rings. The average Bonchev–Trinajstić information content (AvgIpc) is 2.81. The van der Waals surface area contributed by atoms with Crippen molar-refractivity contribution < 1.29 is 0 Å². The van der Waals surface area contributed by atoms with Crippen LogP contribution in [-0.4, -0.2) is 24.6 Å². The number of hydrogen-bond donors (Lipinski definition) is 3. The normalized spacial score (nSPS) is 19.1. The van der Waals surface area contributed by atoms with Crippen LogP contribution in [-0.2, 0) is 0 Å². The smallest absolute Gasteiger partial charge is 0.0444 e. The van der Waals surface area contributed by atoms with Gasteiger partial charge in [0.25, 0.3) is 0 Å². The van der Waals surface area contributed by atoms with Gasteiger partial charge in [-0.1, -0.05) is 0 Å². The summed E-state index contributed by atoms with van der Waals surface area (Å²) in [6.07, 6.45) is 4.60. The highest BCUT2D eigenvalue weighted by Gasteiger charge is 2.14. The summed E-state index contributed by atoms with van der Waals surface area (Å²) in [7, 11) is 0. The van der Waals surface area contributed by atoms with E-state index in [-0.39, 0.29) is 12.4 Å². The summed E-state index contributed by atoms with van der Waals surface area (Å²) >= 11 is 0. The Kier molecular flexibility index (Phi) is 5.88. The molecule has 0 spiro atoms. The molecule has 1 atom stereocenters. The number of nitrogens with one attached hydrogen (secondary N) is 3. The van der Waals surface area contributed by atoms with Gasteiger partial charge in [0, 0.05) is 17.9 Å². The first-order chi connectivity index (χ1) is 7.36. The number of aromatic nitrogens is 1. The van der Waals surface area contributed by atoms with Crippen LogP contribution in [0.2, 0.25) is 0 Å². The van der Waals surface area contributed by atoms with E-state index in [0.29, 0.717) is 6.04 Å². The molecule has 0 radical (unpaired) electrons. The lowest BCUT2D eigenvalue weighted by molar-refractivity contribution is 0.344. The Bertz CT molecular complexity index is 268. The van der Waals surface area contributed by atoms with Gasteiger partial charge in [-0.25, -0.2) is 0 Å². The van der Waals surface area contributed by atoms with Crippen molar-refractivity contribution in [1.29, 1.82) is 0 Å². The molecule has 16 heavy (non-hydrogen) atoms. The highest BCUT2D eigenvalue weighted by molar-refractivity contribution is 5.85. The van der Waals surface area contributed by atoms with Crippen LogP contribution in [0.5, 0.6) is 0 Å². The SMILES string of the molecule is CC(NCC1CCNCC1)c1ccc[nH]1.Cl. The van der Waals surface area contributed by atoms with Crippen molar-refractivity contribution in [3.8, 4) is 0 Å². The van der Waals surface area contributed by atoms with Gasteiger partial charge in [0.15, 0.2) is 0 Å². The molecule has 0 aromatic carbocycles. The van der Waals surface area contributed by atoms with Crippen LogP contribution in [0.4, 0.5) is 0 Å². The first kappa shape index (κ1) is 13.6. The van der Waals surface area contributed by atoms with E-state index in [2.05, 4.69) is 34.7 Å². The zero-order valence-electron chi connectivity index (χ0n) is 9.83. The van der Waals surface area contributed by atoms with Crippen LogP contribution in [0.1, 0.15) is 31.5 Å². The Balaban J connectivity index is 0.00000128. The summed E-state index contributed by atoms with van der Waals surface area (Å²) in [6.45, 7) is 5.72. The maximum absolute atomic E-state index is 3.60. The fraction of sp³-hybridized carbons (Fsp3) is 0.667. The Morgan fingerprint density at radius 3 is 2.81 bits per heavy atom. The number of rotatable bonds is 4. The topological polar surface area (TPSA) is 39.8 Å². The summed E-state index contributed by atoms with van der Waals surface area (Å²) < 4.78 is 0. The molecule has 1 aromatic rings. The lowest BCUT2D eigenvalue weighted by Crippen LogP contribution is -2.34. The van der Waals surface area contributed by atoms with E-state index in [9.17, 15) is 0 Å². The van der Waals surface area contributed by atoms with E-state index in [1.54, 1.807) is 0 Å². The van der Waals surface area contributed by atoms with E-state index >= 15 is 0 Å². The molecule has 3 N–H and O–H groups in total. The monoisotopic (exact) mass is 243 g/mol. The molecular weight excluding hydrogens is 222 g/mol. The molecule has 1 aliphatic heterocycles. The van der Waals surface area contributed by atoms with Crippen molar-refractivity contribution in [2.45, 2.75) is 25.8 Å². The third-order valence-electron chi connectivity index (χ3n) is 3.26. The largest absolute Gasteiger partial charge is 0.364 e. The summed E-state index contributed by atoms with van der Waals surface area (Å²) in [5.74, 6) is 0.851. The van der Waals surface area contributed by atoms with E-state index in [1.807, 2.05) is 6.20 Å². The number of hydrogen-bond acceptors (Lipinski definition) is 2. The number of halogens is 1. The fourth-order valence-corrected chi connectivity index (χ4v) is 2.15. The summed E-state index contributed by atoms with van der Waals surface area (Å²) in [4.78, 5) is 3.25. The highest BCUT2D eigenvalue weighted by atomic mass is 35.5. The third kappa shape index (κ3) is 3.81. The molecule has 3 nitrogen and oxygen atoms in total. The minimum Gasteiger partial charge on any atom is -0.364 e. The van der Waals surface area contributed by atoms with Gasteiger partial charge in [-0.2, -0.15) is 0 Å². The van der Waals surface area contributed by atoms with Crippen LogP contribution in [0.15, 0.2) is 18.3 Å². The van der Waals surface area contributed by atoms with Crippen molar-refractivity contribution in [3.05, 3.63) is 24.0 Å². The van der Waals surface area contributed by atoms with Crippen LogP contribution in [0.3, 0.4) is 0 Å². The van der Waals surface area contributed by atoms with Gasteiger partial charge < -0.3 is 15.6 Å². The summed E-state index contributed by atoms with van der Waals surface area (Å²) in [6, 6.07) is 4.63. The lowest BCUT2D eigenvalue weighted by Gasteiger charge is -2.24. The van der Waals surface area contributed by atoms with E-state index in [0.717, 1.165) is 12.5 Å².